The number of ether oxygens (including phenoxy) is 1. The van der Waals surface area contributed by atoms with E-state index in [0.717, 1.165) is 6.08 Å². The molecule has 0 aromatic carbocycles. The zero-order valence-corrected chi connectivity index (χ0v) is 8.69. The van der Waals surface area contributed by atoms with Crippen LogP contribution in [0.25, 0.3) is 0 Å². The Balaban J connectivity index is 4.56. The lowest BCUT2D eigenvalue weighted by Gasteiger charge is -2.01. The van der Waals surface area contributed by atoms with Crippen LogP contribution >= 0.6 is 0 Å². The van der Waals surface area contributed by atoms with Gasteiger partial charge in [-0.3, -0.25) is 4.79 Å². The van der Waals surface area contributed by atoms with Gasteiger partial charge in [-0.1, -0.05) is 6.92 Å². The first-order valence-electron chi connectivity index (χ1n) is 4.53. The number of hydrogen-bond acceptors (Lipinski definition) is 5. The van der Waals surface area contributed by atoms with Gasteiger partial charge in [-0.2, -0.15) is 5.26 Å². The van der Waals surface area contributed by atoms with Crippen molar-refractivity contribution in [2.75, 3.05) is 6.61 Å². The molecule has 0 bridgehead atoms. The fourth-order valence-electron chi connectivity index (χ4n) is 0.672. The van der Waals surface area contributed by atoms with Gasteiger partial charge in [0, 0.05) is 6.08 Å². The molecular weight excluding hydrogens is 198 g/mol. The number of aliphatic hydroxyl groups is 1. The van der Waals surface area contributed by atoms with Gasteiger partial charge in [0.25, 0.3) is 0 Å². The van der Waals surface area contributed by atoms with Crippen molar-refractivity contribution in [1.29, 1.82) is 5.26 Å². The van der Waals surface area contributed by atoms with Crippen LogP contribution in [0.1, 0.15) is 20.3 Å². The molecule has 0 amide bonds. The molecule has 5 heteroatoms. The molecule has 0 heterocycles. The van der Waals surface area contributed by atoms with Gasteiger partial charge in [-0.25, -0.2) is 4.79 Å². The standard InChI is InChI=1S/C10H13NO4/c1-3-4-15-10(14)8(6-11)5-9(13)7(2)12/h5,7,12H,3-4H2,1-2H3/b8-5+. The molecule has 0 radical (unpaired) electrons. The van der Waals surface area contributed by atoms with Crippen LogP contribution in [-0.2, 0) is 14.3 Å². The van der Waals surface area contributed by atoms with Crippen molar-refractivity contribution < 1.29 is 19.4 Å². The maximum atomic E-state index is 11.1. The van der Waals surface area contributed by atoms with Crippen LogP contribution < -0.4 is 0 Å². The predicted molar refractivity (Wildman–Crippen MR) is 51.6 cm³/mol. The van der Waals surface area contributed by atoms with Crippen LogP contribution in [0, 0.1) is 11.3 Å². The molecule has 0 saturated heterocycles. The number of esters is 1. The van der Waals surface area contributed by atoms with E-state index in [9.17, 15) is 9.59 Å². The molecule has 0 aromatic rings. The lowest BCUT2D eigenvalue weighted by molar-refractivity contribution is -0.138. The van der Waals surface area contributed by atoms with Gasteiger partial charge in [-0.05, 0) is 13.3 Å². The fourth-order valence-corrected chi connectivity index (χ4v) is 0.672. The van der Waals surface area contributed by atoms with E-state index in [-0.39, 0.29) is 6.61 Å². The third-order valence-electron chi connectivity index (χ3n) is 1.48. The van der Waals surface area contributed by atoms with Gasteiger partial charge in [0.2, 0.25) is 0 Å². The smallest absolute Gasteiger partial charge is 0.349 e. The summed E-state index contributed by atoms with van der Waals surface area (Å²) in [6.45, 7) is 3.26. The summed E-state index contributed by atoms with van der Waals surface area (Å²) in [5.74, 6) is -1.53. The number of nitrogens with zero attached hydrogens (tertiary/aromatic N) is 1. The predicted octanol–water partition coefficient (Wildman–Crippen LogP) is 0.339. The molecule has 0 rings (SSSR count). The van der Waals surface area contributed by atoms with E-state index in [1.54, 1.807) is 6.07 Å². The van der Waals surface area contributed by atoms with E-state index in [1.165, 1.54) is 6.92 Å². The Bertz CT molecular complexity index is 312. The van der Waals surface area contributed by atoms with E-state index in [2.05, 4.69) is 4.74 Å². The van der Waals surface area contributed by atoms with E-state index in [0.29, 0.717) is 6.42 Å². The van der Waals surface area contributed by atoms with Gasteiger partial charge in [0.05, 0.1) is 6.61 Å². The highest BCUT2D eigenvalue weighted by molar-refractivity contribution is 6.03. The average Bonchev–Trinajstić information content (AvgIpc) is 2.21. The Labute approximate surface area is 88.0 Å². The third kappa shape index (κ3) is 4.93. The summed E-state index contributed by atoms with van der Waals surface area (Å²) < 4.78 is 4.66. The topological polar surface area (TPSA) is 87.4 Å². The molecule has 0 spiro atoms. The van der Waals surface area contributed by atoms with Crippen molar-refractivity contribution in [3.05, 3.63) is 11.6 Å². The molecule has 0 aromatic heterocycles. The monoisotopic (exact) mass is 211 g/mol. The summed E-state index contributed by atoms with van der Waals surface area (Å²) in [5.41, 5.74) is -0.394. The highest BCUT2D eigenvalue weighted by Gasteiger charge is 2.14. The number of carbonyl (C=O) groups excluding carboxylic acids is 2. The lowest BCUT2D eigenvalue weighted by Crippen LogP contribution is -2.16. The largest absolute Gasteiger partial charge is 0.462 e. The molecule has 0 fully saturated rings. The van der Waals surface area contributed by atoms with E-state index in [4.69, 9.17) is 10.4 Å². The summed E-state index contributed by atoms with van der Waals surface area (Å²) in [6.07, 6.45) is 0.199. The van der Waals surface area contributed by atoms with E-state index in [1.807, 2.05) is 6.92 Å². The minimum Gasteiger partial charge on any atom is -0.462 e. The van der Waals surface area contributed by atoms with Crippen molar-refractivity contribution in [2.24, 2.45) is 0 Å². The van der Waals surface area contributed by atoms with Crippen LogP contribution in [-0.4, -0.2) is 29.6 Å². The van der Waals surface area contributed by atoms with Crippen molar-refractivity contribution in [2.45, 2.75) is 26.4 Å². The summed E-state index contributed by atoms with van der Waals surface area (Å²) in [4.78, 5) is 22.1. The second-order valence-corrected chi connectivity index (χ2v) is 2.88. The van der Waals surface area contributed by atoms with Crippen molar-refractivity contribution >= 4 is 11.8 Å². The molecule has 0 saturated carbocycles. The van der Waals surface area contributed by atoms with E-state index >= 15 is 0 Å². The highest BCUT2D eigenvalue weighted by Crippen LogP contribution is 1.99. The van der Waals surface area contributed by atoms with Gasteiger partial charge < -0.3 is 9.84 Å². The Morgan fingerprint density at radius 2 is 2.20 bits per heavy atom. The first-order valence-corrected chi connectivity index (χ1v) is 4.53. The van der Waals surface area contributed by atoms with Crippen molar-refractivity contribution in [3.63, 3.8) is 0 Å². The number of ketones is 1. The van der Waals surface area contributed by atoms with Gasteiger partial charge >= 0.3 is 5.97 Å². The molecule has 1 atom stereocenters. The molecule has 15 heavy (non-hydrogen) atoms. The molecule has 0 aliphatic carbocycles. The van der Waals surface area contributed by atoms with Gasteiger partial charge in [-0.15, -0.1) is 0 Å². The fraction of sp³-hybridized carbons (Fsp3) is 0.500. The second kappa shape index (κ2) is 6.74. The van der Waals surface area contributed by atoms with Crippen LogP contribution in [0.4, 0.5) is 0 Å². The number of hydrogen-bond donors (Lipinski definition) is 1. The molecular formula is C10H13NO4. The average molecular weight is 211 g/mol. The molecule has 0 aliphatic heterocycles. The maximum Gasteiger partial charge on any atom is 0.349 e. The third-order valence-corrected chi connectivity index (χ3v) is 1.48. The van der Waals surface area contributed by atoms with Crippen molar-refractivity contribution in [1.82, 2.24) is 0 Å². The summed E-state index contributed by atoms with van der Waals surface area (Å²) in [7, 11) is 0. The van der Waals surface area contributed by atoms with Gasteiger partial charge in [0.15, 0.2) is 5.78 Å². The van der Waals surface area contributed by atoms with Crippen molar-refractivity contribution in [3.8, 4) is 6.07 Å². The summed E-state index contributed by atoms with van der Waals surface area (Å²) >= 11 is 0. The number of rotatable bonds is 5. The zero-order chi connectivity index (χ0) is 11.8. The van der Waals surface area contributed by atoms with E-state index < -0.39 is 23.4 Å². The zero-order valence-electron chi connectivity index (χ0n) is 8.69. The second-order valence-electron chi connectivity index (χ2n) is 2.88. The first kappa shape index (κ1) is 13.3. The molecule has 5 nitrogen and oxygen atoms in total. The number of carbonyl (C=O) groups is 2. The Kier molecular flexibility index (Phi) is 5.99. The Morgan fingerprint density at radius 3 is 2.60 bits per heavy atom. The summed E-state index contributed by atoms with van der Waals surface area (Å²) in [5, 5.41) is 17.4. The molecule has 82 valence electrons. The molecule has 1 N–H and O–H groups in total. The van der Waals surface area contributed by atoms with Gasteiger partial charge in [0.1, 0.15) is 17.7 Å². The number of aliphatic hydroxyl groups excluding tert-OH is 1. The molecule has 1 unspecified atom stereocenters. The molecule has 0 aliphatic rings. The van der Waals surface area contributed by atoms with Crippen LogP contribution in [0.3, 0.4) is 0 Å². The minimum atomic E-state index is -1.23. The Hall–Kier alpha value is -1.67. The van der Waals surface area contributed by atoms with Crippen LogP contribution in [0.2, 0.25) is 0 Å². The minimum absolute atomic E-state index is 0.195. The SMILES string of the molecule is CCCOC(=O)/C(C#N)=C/C(=O)C(C)O. The Morgan fingerprint density at radius 1 is 1.60 bits per heavy atom. The van der Waals surface area contributed by atoms with Crippen LogP contribution in [0.15, 0.2) is 11.6 Å². The maximum absolute atomic E-state index is 11.1. The highest BCUT2D eigenvalue weighted by atomic mass is 16.5. The lowest BCUT2D eigenvalue weighted by atomic mass is 10.2. The first-order chi connectivity index (χ1) is 7.02. The van der Waals surface area contributed by atoms with Crippen LogP contribution in [0.5, 0.6) is 0 Å². The normalized spacial score (nSPS) is 12.8. The quantitative estimate of drug-likeness (QED) is 0.402. The number of nitriles is 1. The summed E-state index contributed by atoms with van der Waals surface area (Å²) in [6, 6.07) is 1.55.